The van der Waals surface area contributed by atoms with Crippen LogP contribution < -0.4 is 0 Å². The van der Waals surface area contributed by atoms with E-state index < -0.39 is 0 Å². The van der Waals surface area contributed by atoms with E-state index in [-0.39, 0.29) is 17.9 Å². The average Bonchev–Trinajstić information content (AvgIpc) is 2.68. The summed E-state index contributed by atoms with van der Waals surface area (Å²) in [6.07, 6.45) is 1.00. The van der Waals surface area contributed by atoms with Crippen LogP contribution in [0.25, 0.3) is 0 Å². The summed E-state index contributed by atoms with van der Waals surface area (Å²) in [6, 6.07) is 0.314. The van der Waals surface area contributed by atoms with E-state index in [4.69, 9.17) is 9.47 Å². The minimum absolute atomic E-state index is 0.0313. The zero-order valence-electron chi connectivity index (χ0n) is 11.6. The molecule has 1 heterocycles. The van der Waals surface area contributed by atoms with Crippen LogP contribution in [0, 0.1) is 11.8 Å². The molecule has 1 fully saturated rings. The fourth-order valence-corrected chi connectivity index (χ4v) is 2.47. The topological polar surface area (TPSA) is 38.8 Å². The van der Waals surface area contributed by atoms with Crippen LogP contribution in [-0.4, -0.2) is 50.3 Å². The van der Waals surface area contributed by atoms with Crippen molar-refractivity contribution >= 4 is 5.91 Å². The average molecular weight is 243 g/mol. The van der Waals surface area contributed by atoms with Gasteiger partial charge in [-0.25, -0.2) is 0 Å². The number of hydrogen-bond acceptors (Lipinski definition) is 3. The van der Waals surface area contributed by atoms with Crippen LogP contribution in [0.5, 0.6) is 0 Å². The van der Waals surface area contributed by atoms with Crippen LogP contribution in [0.3, 0.4) is 0 Å². The molecule has 0 N–H and O–H groups in total. The van der Waals surface area contributed by atoms with E-state index >= 15 is 0 Å². The Kier molecular flexibility index (Phi) is 5.40. The van der Waals surface area contributed by atoms with Crippen molar-refractivity contribution in [3.8, 4) is 0 Å². The summed E-state index contributed by atoms with van der Waals surface area (Å²) in [7, 11) is 3.36. The van der Waals surface area contributed by atoms with E-state index in [0.29, 0.717) is 12.0 Å². The van der Waals surface area contributed by atoms with Gasteiger partial charge in [0, 0.05) is 32.7 Å². The fraction of sp³-hybridized carbons (Fsp3) is 0.923. The summed E-state index contributed by atoms with van der Waals surface area (Å²) < 4.78 is 10.4. The lowest BCUT2D eigenvalue weighted by molar-refractivity contribution is -0.139. The molecule has 0 bridgehead atoms. The van der Waals surface area contributed by atoms with E-state index in [9.17, 15) is 4.79 Å². The third-order valence-corrected chi connectivity index (χ3v) is 3.81. The van der Waals surface area contributed by atoms with Crippen LogP contribution in [-0.2, 0) is 14.3 Å². The number of methoxy groups -OCH3 is 2. The summed E-state index contributed by atoms with van der Waals surface area (Å²) in [5.41, 5.74) is 0. The van der Waals surface area contributed by atoms with Crippen molar-refractivity contribution in [3.05, 3.63) is 0 Å². The Hall–Kier alpha value is -0.610. The van der Waals surface area contributed by atoms with Gasteiger partial charge in [0.2, 0.25) is 5.91 Å². The molecule has 1 aliphatic heterocycles. The lowest BCUT2D eigenvalue weighted by Gasteiger charge is -2.27. The van der Waals surface area contributed by atoms with E-state index in [1.54, 1.807) is 14.2 Å². The number of ether oxygens (including phenoxy) is 2. The van der Waals surface area contributed by atoms with Gasteiger partial charge in [0.05, 0.1) is 18.6 Å². The third kappa shape index (κ3) is 3.42. The predicted molar refractivity (Wildman–Crippen MR) is 66.8 cm³/mol. The van der Waals surface area contributed by atoms with Crippen molar-refractivity contribution < 1.29 is 14.3 Å². The smallest absolute Gasteiger partial charge is 0.228 e. The number of rotatable bonds is 5. The van der Waals surface area contributed by atoms with Gasteiger partial charge >= 0.3 is 0 Å². The van der Waals surface area contributed by atoms with Crippen LogP contribution in [0.2, 0.25) is 0 Å². The SMILES string of the molecule is COCC1C[C@@H](C)N(C(=O)[C@@H](C)C(C)OC)C1. The van der Waals surface area contributed by atoms with Crippen molar-refractivity contribution in [1.29, 1.82) is 0 Å². The Labute approximate surface area is 104 Å². The highest BCUT2D eigenvalue weighted by Gasteiger charge is 2.35. The number of likely N-dealkylation sites (tertiary alicyclic amines) is 1. The standard InChI is InChI=1S/C13H25NO3/c1-9-6-12(8-16-4)7-14(9)13(15)10(2)11(3)17-5/h9-12H,6-8H2,1-5H3/t9-,10+,11?,12?/m1/s1. The maximum absolute atomic E-state index is 12.3. The first kappa shape index (κ1) is 14.5. The Morgan fingerprint density at radius 2 is 2.06 bits per heavy atom. The molecular formula is C13H25NO3. The molecule has 0 radical (unpaired) electrons. The highest BCUT2D eigenvalue weighted by molar-refractivity contribution is 5.79. The second-order valence-corrected chi connectivity index (χ2v) is 5.13. The Bertz CT molecular complexity index is 257. The van der Waals surface area contributed by atoms with Crippen LogP contribution in [0.4, 0.5) is 0 Å². The van der Waals surface area contributed by atoms with Crippen molar-refractivity contribution in [1.82, 2.24) is 4.90 Å². The molecule has 4 nitrogen and oxygen atoms in total. The molecule has 1 rings (SSSR count). The molecule has 2 unspecified atom stereocenters. The monoisotopic (exact) mass is 243 g/mol. The van der Waals surface area contributed by atoms with Gasteiger partial charge < -0.3 is 14.4 Å². The van der Waals surface area contributed by atoms with Gasteiger partial charge in [-0.1, -0.05) is 6.92 Å². The van der Waals surface area contributed by atoms with Gasteiger partial charge in [-0.3, -0.25) is 4.79 Å². The minimum Gasteiger partial charge on any atom is -0.384 e. The number of nitrogens with zero attached hydrogens (tertiary/aromatic N) is 1. The van der Waals surface area contributed by atoms with Crippen molar-refractivity contribution in [2.45, 2.75) is 39.3 Å². The summed E-state index contributed by atoms with van der Waals surface area (Å²) in [4.78, 5) is 14.3. The molecule has 0 aromatic rings. The molecule has 1 saturated heterocycles. The summed E-state index contributed by atoms with van der Waals surface area (Å²) in [6.45, 7) is 7.54. The van der Waals surface area contributed by atoms with E-state index in [2.05, 4.69) is 6.92 Å². The number of carbonyl (C=O) groups excluding carboxylic acids is 1. The lowest BCUT2D eigenvalue weighted by Crippen LogP contribution is -2.41. The molecule has 100 valence electrons. The van der Waals surface area contributed by atoms with E-state index in [1.165, 1.54) is 0 Å². The van der Waals surface area contributed by atoms with Gasteiger partial charge in [0.25, 0.3) is 0 Å². The van der Waals surface area contributed by atoms with Crippen LogP contribution >= 0.6 is 0 Å². The molecular weight excluding hydrogens is 218 g/mol. The van der Waals surface area contributed by atoms with Gasteiger partial charge in [-0.05, 0) is 20.3 Å². The number of carbonyl (C=O) groups is 1. The zero-order valence-corrected chi connectivity index (χ0v) is 11.6. The molecule has 1 aliphatic rings. The maximum atomic E-state index is 12.3. The second kappa shape index (κ2) is 6.36. The maximum Gasteiger partial charge on any atom is 0.228 e. The molecule has 1 amide bonds. The fourth-order valence-electron chi connectivity index (χ4n) is 2.47. The number of hydrogen-bond donors (Lipinski definition) is 0. The molecule has 17 heavy (non-hydrogen) atoms. The Balaban J connectivity index is 2.58. The van der Waals surface area contributed by atoms with Crippen LogP contribution in [0.1, 0.15) is 27.2 Å². The largest absolute Gasteiger partial charge is 0.384 e. The Morgan fingerprint density at radius 3 is 2.59 bits per heavy atom. The van der Waals surface area contributed by atoms with Gasteiger partial charge in [0.1, 0.15) is 0 Å². The molecule has 4 heteroatoms. The second-order valence-electron chi connectivity index (χ2n) is 5.13. The molecule has 0 spiro atoms. The first-order chi connectivity index (χ1) is 8.01. The molecule has 0 aromatic heterocycles. The van der Waals surface area contributed by atoms with Gasteiger partial charge in [-0.2, -0.15) is 0 Å². The Morgan fingerprint density at radius 1 is 1.41 bits per heavy atom. The highest BCUT2D eigenvalue weighted by Crippen LogP contribution is 2.25. The van der Waals surface area contributed by atoms with E-state index in [1.807, 2.05) is 18.7 Å². The molecule has 0 aliphatic carbocycles. The van der Waals surface area contributed by atoms with Gasteiger partial charge in [0.15, 0.2) is 0 Å². The zero-order chi connectivity index (χ0) is 13.0. The third-order valence-electron chi connectivity index (χ3n) is 3.81. The minimum atomic E-state index is -0.0799. The van der Waals surface area contributed by atoms with Crippen LogP contribution in [0.15, 0.2) is 0 Å². The summed E-state index contributed by atoms with van der Waals surface area (Å²) in [5, 5.41) is 0. The first-order valence-corrected chi connectivity index (χ1v) is 6.33. The molecule has 0 saturated carbocycles. The summed E-state index contributed by atoms with van der Waals surface area (Å²) in [5.74, 6) is 0.596. The highest BCUT2D eigenvalue weighted by atomic mass is 16.5. The van der Waals surface area contributed by atoms with Crippen molar-refractivity contribution in [3.63, 3.8) is 0 Å². The first-order valence-electron chi connectivity index (χ1n) is 6.33. The summed E-state index contributed by atoms with van der Waals surface area (Å²) >= 11 is 0. The van der Waals surface area contributed by atoms with Gasteiger partial charge in [-0.15, -0.1) is 0 Å². The number of amides is 1. The molecule has 4 atom stereocenters. The quantitative estimate of drug-likeness (QED) is 0.735. The van der Waals surface area contributed by atoms with Crippen molar-refractivity contribution in [2.75, 3.05) is 27.4 Å². The lowest BCUT2D eigenvalue weighted by atomic mass is 10.0. The molecule has 0 aromatic carbocycles. The predicted octanol–water partition coefficient (Wildman–Crippen LogP) is 1.54. The van der Waals surface area contributed by atoms with E-state index in [0.717, 1.165) is 19.6 Å². The van der Waals surface area contributed by atoms with Crippen molar-refractivity contribution in [2.24, 2.45) is 11.8 Å². The normalized spacial score (nSPS) is 28.2.